The van der Waals surface area contributed by atoms with Crippen LogP contribution in [0.3, 0.4) is 0 Å². The maximum atomic E-state index is 15.6. The molecule has 3 heterocycles. The topological polar surface area (TPSA) is 114 Å². The lowest BCUT2D eigenvalue weighted by Crippen LogP contribution is -2.42. The van der Waals surface area contributed by atoms with E-state index in [9.17, 15) is 14.3 Å². The summed E-state index contributed by atoms with van der Waals surface area (Å²) in [5.41, 5.74) is 1.65. The third-order valence-corrected chi connectivity index (χ3v) is 7.84. The summed E-state index contributed by atoms with van der Waals surface area (Å²) in [6, 6.07) is 17.2. The SMILES string of the molecule is CN1CCOC(Cn2c(Cc3cc(F)c(-c4cccc(OCc5ccc(C#N)cc5F)n4)cc3F)nc3ccc(C(=O)O)cc32)C1. The number of nitrogens with zero attached hydrogens (tertiary/aromatic N) is 5. The Balaban J connectivity index is 1.27. The molecule has 3 aromatic carbocycles. The van der Waals surface area contributed by atoms with Crippen molar-refractivity contribution in [2.24, 2.45) is 0 Å². The Bertz CT molecular complexity index is 1990. The van der Waals surface area contributed by atoms with E-state index in [2.05, 4.69) is 14.9 Å². The standard InChI is InChI=1S/C34H28F3N5O4/c1-41-9-10-45-24(17-41)18-42-31-13-21(34(43)44)7-8-30(31)39-32(42)14-23-12-28(37)25(15-27(23)36)29-3-2-4-33(40-29)46-19-22-6-5-20(16-38)11-26(22)35/h2-8,11-13,15,24H,9-10,14,17-19H2,1H3,(H,43,44). The molecule has 12 heteroatoms. The molecule has 9 nitrogen and oxygen atoms in total. The number of ether oxygens (including phenoxy) is 2. The number of pyridine rings is 1. The number of hydrogen-bond acceptors (Lipinski definition) is 7. The molecular weight excluding hydrogens is 599 g/mol. The molecule has 6 rings (SSSR count). The molecule has 1 N–H and O–H groups in total. The Morgan fingerprint density at radius 2 is 1.87 bits per heavy atom. The molecule has 1 unspecified atom stereocenters. The first kappa shape index (κ1) is 30.8. The molecule has 1 aliphatic rings. The molecule has 1 aliphatic heterocycles. The third-order valence-electron chi connectivity index (χ3n) is 7.84. The van der Waals surface area contributed by atoms with Gasteiger partial charge in [-0.15, -0.1) is 0 Å². The Morgan fingerprint density at radius 3 is 2.63 bits per heavy atom. The zero-order valence-electron chi connectivity index (χ0n) is 24.7. The fourth-order valence-electron chi connectivity index (χ4n) is 5.45. The Labute approximate surface area is 262 Å². The van der Waals surface area contributed by atoms with Crippen molar-refractivity contribution in [3.8, 4) is 23.2 Å². The van der Waals surface area contributed by atoms with E-state index in [0.29, 0.717) is 36.6 Å². The highest BCUT2D eigenvalue weighted by Crippen LogP contribution is 2.29. The summed E-state index contributed by atoms with van der Waals surface area (Å²) in [4.78, 5) is 22.8. The Hall–Kier alpha value is -5.25. The van der Waals surface area contributed by atoms with Gasteiger partial charge in [0, 0.05) is 36.7 Å². The molecule has 1 fully saturated rings. The summed E-state index contributed by atoms with van der Waals surface area (Å²) in [5, 5.41) is 18.5. The van der Waals surface area contributed by atoms with Crippen LogP contribution in [0.5, 0.6) is 5.88 Å². The van der Waals surface area contributed by atoms with Crippen LogP contribution in [0.1, 0.15) is 32.9 Å². The van der Waals surface area contributed by atoms with E-state index in [1.807, 2.05) is 17.7 Å². The second kappa shape index (κ2) is 13.0. The first-order chi connectivity index (χ1) is 22.2. The largest absolute Gasteiger partial charge is 0.478 e. The van der Waals surface area contributed by atoms with Gasteiger partial charge in [-0.2, -0.15) is 5.26 Å². The van der Waals surface area contributed by atoms with Crippen LogP contribution in [-0.4, -0.2) is 63.4 Å². The number of likely N-dealkylation sites (N-methyl/N-ethyl adjacent to an activating group) is 1. The van der Waals surface area contributed by atoms with Crippen LogP contribution in [0.25, 0.3) is 22.3 Å². The zero-order valence-corrected chi connectivity index (χ0v) is 24.7. The summed E-state index contributed by atoms with van der Waals surface area (Å²) in [5.74, 6) is -2.57. The van der Waals surface area contributed by atoms with Crippen molar-refractivity contribution in [3.63, 3.8) is 0 Å². The van der Waals surface area contributed by atoms with Crippen LogP contribution in [0, 0.1) is 28.8 Å². The second-order valence-corrected chi connectivity index (χ2v) is 11.1. The van der Waals surface area contributed by atoms with Gasteiger partial charge in [0.05, 0.1) is 53.2 Å². The zero-order chi connectivity index (χ0) is 32.4. The lowest BCUT2D eigenvalue weighted by Gasteiger charge is -2.30. The number of rotatable bonds is 9. The molecular formula is C34H28F3N5O4. The maximum absolute atomic E-state index is 15.6. The van der Waals surface area contributed by atoms with Gasteiger partial charge in [0.25, 0.3) is 0 Å². The molecule has 0 aliphatic carbocycles. The number of fused-ring (bicyclic) bond motifs is 1. The van der Waals surface area contributed by atoms with Crippen molar-refractivity contribution in [2.45, 2.75) is 25.7 Å². The predicted octanol–water partition coefficient (Wildman–Crippen LogP) is 5.59. The number of aromatic carboxylic acids is 1. The third kappa shape index (κ3) is 6.56. The number of carbonyl (C=O) groups is 1. The molecule has 0 radical (unpaired) electrons. The first-order valence-corrected chi connectivity index (χ1v) is 14.5. The van der Waals surface area contributed by atoms with E-state index >= 15 is 8.78 Å². The number of morpholine rings is 1. The van der Waals surface area contributed by atoms with Crippen molar-refractivity contribution >= 4 is 17.0 Å². The number of halogens is 3. The van der Waals surface area contributed by atoms with E-state index in [-0.39, 0.29) is 58.5 Å². The van der Waals surface area contributed by atoms with Crippen molar-refractivity contribution in [1.29, 1.82) is 5.26 Å². The molecule has 1 atom stereocenters. The van der Waals surface area contributed by atoms with Crippen LogP contribution in [0.2, 0.25) is 0 Å². The summed E-state index contributed by atoms with van der Waals surface area (Å²) in [6.07, 6.45) is -0.267. The van der Waals surface area contributed by atoms with Gasteiger partial charge >= 0.3 is 5.97 Å². The van der Waals surface area contributed by atoms with Gasteiger partial charge in [-0.05, 0) is 61.1 Å². The lowest BCUT2D eigenvalue weighted by molar-refractivity contribution is -0.0272. The summed E-state index contributed by atoms with van der Waals surface area (Å²) in [6.45, 7) is 2.14. The van der Waals surface area contributed by atoms with E-state index in [1.165, 1.54) is 36.4 Å². The highest BCUT2D eigenvalue weighted by molar-refractivity contribution is 5.92. The molecule has 46 heavy (non-hydrogen) atoms. The molecule has 1 saturated heterocycles. The van der Waals surface area contributed by atoms with E-state index in [1.54, 1.807) is 12.1 Å². The molecule has 0 bridgehead atoms. The first-order valence-electron chi connectivity index (χ1n) is 14.5. The minimum absolute atomic E-state index is 0.0571. The summed E-state index contributed by atoms with van der Waals surface area (Å²) in [7, 11) is 1.98. The van der Waals surface area contributed by atoms with Gasteiger partial charge in [-0.1, -0.05) is 12.1 Å². The molecule has 0 spiro atoms. The number of nitriles is 1. The molecule has 2 aromatic heterocycles. The fourth-order valence-corrected chi connectivity index (χ4v) is 5.45. The van der Waals surface area contributed by atoms with E-state index in [0.717, 1.165) is 24.7 Å². The minimum atomic E-state index is -1.09. The van der Waals surface area contributed by atoms with Crippen LogP contribution >= 0.6 is 0 Å². The van der Waals surface area contributed by atoms with E-state index < -0.39 is 23.4 Å². The normalized spacial score (nSPS) is 15.2. The lowest BCUT2D eigenvalue weighted by atomic mass is 10.0. The van der Waals surface area contributed by atoms with Gasteiger partial charge in [0.15, 0.2) is 0 Å². The molecule has 0 saturated carbocycles. The van der Waals surface area contributed by atoms with E-state index in [4.69, 9.17) is 14.7 Å². The predicted molar refractivity (Wildman–Crippen MR) is 162 cm³/mol. The Morgan fingerprint density at radius 1 is 1.04 bits per heavy atom. The number of carboxylic acid groups (broad SMARTS) is 1. The fraction of sp³-hybridized carbons (Fsp3) is 0.235. The number of aromatic nitrogens is 3. The van der Waals surface area contributed by atoms with Gasteiger partial charge in [0.2, 0.25) is 5.88 Å². The van der Waals surface area contributed by atoms with Crippen LogP contribution in [0.4, 0.5) is 13.2 Å². The average Bonchev–Trinajstić information content (AvgIpc) is 3.37. The highest BCUT2D eigenvalue weighted by atomic mass is 19.1. The number of benzene rings is 3. The smallest absolute Gasteiger partial charge is 0.335 e. The van der Waals surface area contributed by atoms with Gasteiger partial charge in [0.1, 0.15) is 29.9 Å². The van der Waals surface area contributed by atoms with Gasteiger partial charge in [-0.3, -0.25) is 0 Å². The maximum Gasteiger partial charge on any atom is 0.335 e. The Kier molecular flexibility index (Phi) is 8.70. The van der Waals surface area contributed by atoms with Crippen LogP contribution in [0.15, 0.2) is 66.7 Å². The van der Waals surface area contributed by atoms with Crippen molar-refractivity contribution in [3.05, 3.63) is 112 Å². The number of imidazole rings is 1. The summed E-state index contributed by atoms with van der Waals surface area (Å²) < 4.78 is 58.8. The number of hydrogen-bond donors (Lipinski definition) is 1. The highest BCUT2D eigenvalue weighted by Gasteiger charge is 2.23. The molecule has 234 valence electrons. The van der Waals surface area contributed by atoms with Crippen LogP contribution < -0.4 is 4.74 Å². The van der Waals surface area contributed by atoms with Crippen molar-refractivity contribution < 1.29 is 32.5 Å². The quantitative estimate of drug-likeness (QED) is 0.225. The van der Waals surface area contributed by atoms with Gasteiger partial charge < -0.3 is 24.0 Å². The van der Waals surface area contributed by atoms with Gasteiger partial charge in [-0.25, -0.2) is 27.9 Å². The van der Waals surface area contributed by atoms with Crippen LogP contribution in [-0.2, 0) is 24.3 Å². The van der Waals surface area contributed by atoms with Crippen molar-refractivity contribution in [1.82, 2.24) is 19.4 Å². The summed E-state index contributed by atoms with van der Waals surface area (Å²) >= 11 is 0. The average molecular weight is 628 g/mol. The molecule has 0 amide bonds. The minimum Gasteiger partial charge on any atom is -0.478 e. The second-order valence-electron chi connectivity index (χ2n) is 11.1. The monoisotopic (exact) mass is 627 g/mol. The molecule has 5 aromatic rings. The number of carboxylic acids is 1. The van der Waals surface area contributed by atoms with Crippen molar-refractivity contribution in [2.75, 3.05) is 26.7 Å².